The summed E-state index contributed by atoms with van der Waals surface area (Å²) in [5, 5.41) is 16.7. The number of aryl methyl sites for hydroxylation is 1. The molecule has 5 nitrogen and oxygen atoms in total. The third-order valence-corrected chi connectivity index (χ3v) is 6.84. The van der Waals surface area contributed by atoms with E-state index in [4.69, 9.17) is 0 Å². The van der Waals surface area contributed by atoms with Gasteiger partial charge in [-0.05, 0) is 80.4 Å². The highest BCUT2D eigenvalue weighted by atomic mass is 19.4. The van der Waals surface area contributed by atoms with E-state index in [2.05, 4.69) is 22.5 Å². The lowest BCUT2D eigenvalue weighted by Crippen LogP contribution is -2.48. The third kappa shape index (κ3) is 10.5. The van der Waals surface area contributed by atoms with Crippen molar-refractivity contribution >= 4 is 5.91 Å². The van der Waals surface area contributed by atoms with Crippen LogP contribution in [0, 0.1) is 18.6 Å². The van der Waals surface area contributed by atoms with Gasteiger partial charge in [-0.25, -0.2) is 8.78 Å². The minimum absolute atomic E-state index is 0.0308. The highest BCUT2D eigenvalue weighted by Gasteiger charge is 2.30. The molecule has 42 heavy (non-hydrogen) atoms. The van der Waals surface area contributed by atoms with Crippen molar-refractivity contribution in [3.63, 3.8) is 0 Å². The monoisotopic (exact) mass is 591 g/mol. The summed E-state index contributed by atoms with van der Waals surface area (Å²) in [6.07, 6.45) is -3.66. The maximum absolute atomic E-state index is 13.9. The zero-order chi connectivity index (χ0) is 30.9. The Morgan fingerprint density at radius 1 is 0.976 bits per heavy atom. The number of nitrogens with zero attached hydrogens (tertiary/aromatic N) is 1. The molecule has 3 aromatic rings. The molecule has 0 aliphatic rings. The summed E-state index contributed by atoms with van der Waals surface area (Å²) in [7, 11) is 2.01. The number of nitrogens with one attached hydrogen (secondary N) is 2. The quantitative estimate of drug-likeness (QED) is 0.201. The molecule has 0 aromatic heterocycles. The minimum Gasteiger partial charge on any atom is -0.390 e. The number of hydrogen-bond donors (Lipinski definition) is 3. The van der Waals surface area contributed by atoms with Gasteiger partial charge < -0.3 is 20.6 Å². The molecular formula is C32H38F5N3O2. The second kappa shape index (κ2) is 15.2. The molecule has 3 rings (SSSR count). The molecule has 10 heteroatoms. The van der Waals surface area contributed by atoms with Crippen LogP contribution in [0.25, 0.3) is 0 Å². The Morgan fingerprint density at radius 3 is 2.36 bits per heavy atom. The Balaban J connectivity index is 1.75. The fourth-order valence-corrected chi connectivity index (χ4v) is 4.79. The van der Waals surface area contributed by atoms with E-state index in [1.165, 1.54) is 12.1 Å². The first kappa shape index (κ1) is 33.2. The zero-order valence-electron chi connectivity index (χ0n) is 24.1. The molecule has 3 aromatic carbocycles. The minimum atomic E-state index is -4.48. The van der Waals surface area contributed by atoms with Gasteiger partial charge in [0.1, 0.15) is 11.6 Å². The number of carbonyl (C=O) groups excluding carboxylic acids is 1. The van der Waals surface area contributed by atoms with Gasteiger partial charge in [0.15, 0.2) is 0 Å². The van der Waals surface area contributed by atoms with Gasteiger partial charge >= 0.3 is 6.18 Å². The predicted molar refractivity (Wildman–Crippen MR) is 153 cm³/mol. The van der Waals surface area contributed by atoms with E-state index in [1.807, 2.05) is 20.0 Å². The van der Waals surface area contributed by atoms with Crippen molar-refractivity contribution in [1.29, 1.82) is 0 Å². The van der Waals surface area contributed by atoms with Gasteiger partial charge in [0.05, 0.1) is 17.7 Å². The molecule has 0 fully saturated rings. The molecule has 3 N–H and O–H groups in total. The normalized spacial score (nSPS) is 13.3. The number of halogens is 5. The standard InChI is InChI=1S/C32H38F5N3O2/c1-4-5-9-40(3)20-24-10-21(2)11-25(12-24)31(42)39-29(16-23-14-27(33)17-28(34)15-23)30(41)19-38-18-22-7-6-8-26(13-22)32(35,36)37/h6-8,10-15,17,29-30,38,41H,4-5,9,16,18-20H2,1-3H3,(H,39,42). The Bertz CT molecular complexity index is 1310. The summed E-state index contributed by atoms with van der Waals surface area (Å²) in [5.41, 5.74) is 2.03. The van der Waals surface area contributed by atoms with Gasteiger partial charge in [0.25, 0.3) is 5.91 Å². The van der Waals surface area contributed by atoms with Crippen molar-refractivity contribution < 1.29 is 31.9 Å². The van der Waals surface area contributed by atoms with Crippen LogP contribution < -0.4 is 10.6 Å². The topological polar surface area (TPSA) is 64.6 Å². The van der Waals surface area contributed by atoms with Crippen molar-refractivity contribution in [1.82, 2.24) is 15.5 Å². The van der Waals surface area contributed by atoms with E-state index in [-0.39, 0.29) is 25.1 Å². The fourth-order valence-electron chi connectivity index (χ4n) is 4.79. The lowest BCUT2D eigenvalue weighted by molar-refractivity contribution is -0.137. The SMILES string of the molecule is CCCCN(C)Cc1cc(C)cc(C(=O)NC(Cc2cc(F)cc(F)c2)C(O)CNCc2cccc(C(F)(F)F)c2)c1. The first-order chi connectivity index (χ1) is 19.8. The molecule has 0 bridgehead atoms. The van der Waals surface area contributed by atoms with Crippen molar-refractivity contribution in [3.05, 3.63) is 106 Å². The van der Waals surface area contributed by atoms with E-state index >= 15 is 0 Å². The Hall–Kier alpha value is -3.34. The van der Waals surface area contributed by atoms with Gasteiger partial charge in [0, 0.05) is 31.3 Å². The van der Waals surface area contributed by atoms with E-state index in [0.717, 1.165) is 60.8 Å². The molecule has 0 saturated heterocycles. The molecule has 0 spiro atoms. The number of hydrogen-bond acceptors (Lipinski definition) is 4. The first-order valence-corrected chi connectivity index (χ1v) is 13.9. The molecule has 0 aliphatic heterocycles. The molecule has 0 aliphatic carbocycles. The number of benzene rings is 3. The summed E-state index contributed by atoms with van der Waals surface area (Å²) in [6, 6.07) is 12.4. The number of aliphatic hydroxyl groups excluding tert-OH is 1. The van der Waals surface area contributed by atoms with E-state index < -0.39 is 41.4 Å². The Morgan fingerprint density at radius 2 is 1.69 bits per heavy atom. The summed E-state index contributed by atoms with van der Waals surface area (Å²) in [4.78, 5) is 15.5. The number of unbranched alkanes of at least 4 members (excludes halogenated alkanes) is 1. The van der Waals surface area contributed by atoms with Crippen LogP contribution in [0.15, 0.2) is 60.7 Å². The van der Waals surface area contributed by atoms with E-state index in [0.29, 0.717) is 17.7 Å². The van der Waals surface area contributed by atoms with Gasteiger partial charge in [-0.1, -0.05) is 43.2 Å². The highest BCUT2D eigenvalue weighted by Crippen LogP contribution is 2.29. The summed E-state index contributed by atoms with van der Waals surface area (Å²) in [5.74, 6) is -2.04. The summed E-state index contributed by atoms with van der Waals surface area (Å²) >= 11 is 0. The van der Waals surface area contributed by atoms with Crippen molar-refractivity contribution in [2.75, 3.05) is 20.1 Å². The lowest BCUT2D eigenvalue weighted by Gasteiger charge is -2.25. The first-order valence-electron chi connectivity index (χ1n) is 13.9. The summed E-state index contributed by atoms with van der Waals surface area (Å²) in [6.45, 7) is 5.50. The van der Waals surface area contributed by atoms with Gasteiger partial charge in [-0.15, -0.1) is 0 Å². The zero-order valence-corrected chi connectivity index (χ0v) is 24.1. The van der Waals surface area contributed by atoms with Gasteiger partial charge in [-0.2, -0.15) is 13.2 Å². The second-order valence-corrected chi connectivity index (χ2v) is 10.8. The van der Waals surface area contributed by atoms with Crippen LogP contribution in [-0.2, 0) is 25.7 Å². The largest absolute Gasteiger partial charge is 0.416 e. The van der Waals surface area contributed by atoms with Crippen LogP contribution in [0.1, 0.15) is 57.9 Å². The number of alkyl halides is 3. The number of amides is 1. The molecule has 0 heterocycles. The Kier molecular flexibility index (Phi) is 12.0. The van der Waals surface area contributed by atoms with Crippen LogP contribution in [0.3, 0.4) is 0 Å². The summed E-state index contributed by atoms with van der Waals surface area (Å²) < 4.78 is 67.0. The van der Waals surface area contributed by atoms with Gasteiger partial charge in [0.2, 0.25) is 0 Å². The Labute approximate surface area is 243 Å². The van der Waals surface area contributed by atoms with E-state index in [9.17, 15) is 31.9 Å². The maximum Gasteiger partial charge on any atom is 0.416 e. The average molecular weight is 592 g/mol. The molecule has 228 valence electrons. The number of aliphatic hydroxyl groups is 1. The maximum atomic E-state index is 13.9. The predicted octanol–water partition coefficient (Wildman–Crippen LogP) is 6.02. The van der Waals surface area contributed by atoms with Crippen molar-refractivity contribution in [3.8, 4) is 0 Å². The molecule has 1 amide bonds. The number of carbonyl (C=O) groups is 1. The van der Waals surface area contributed by atoms with Crippen LogP contribution in [-0.4, -0.2) is 48.2 Å². The van der Waals surface area contributed by atoms with Crippen LogP contribution in [0.5, 0.6) is 0 Å². The van der Waals surface area contributed by atoms with Crippen LogP contribution in [0.4, 0.5) is 22.0 Å². The molecule has 0 saturated carbocycles. The van der Waals surface area contributed by atoms with Crippen molar-refractivity contribution in [2.24, 2.45) is 0 Å². The van der Waals surface area contributed by atoms with Crippen molar-refractivity contribution in [2.45, 2.75) is 64.5 Å². The van der Waals surface area contributed by atoms with Gasteiger partial charge in [-0.3, -0.25) is 4.79 Å². The smallest absolute Gasteiger partial charge is 0.390 e. The molecule has 2 unspecified atom stereocenters. The average Bonchev–Trinajstić information content (AvgIpc) is 2.90. The molecular weight excluding hydrogens is 553 g/mol. The third-order valence-electron chi connectivity index (χ3n) is 6.84. The van der Waals surface area contributed by atoms with E-state index in [1.54, 1.807) is 12.1 Å². The molecule has 0 radical (unpaired) electrons. The van der Waals surface area contributed by atoms with Crippen LogP contribution in [0.2, 0.25) is 0 Å². The number of rotatable bonds is 14. The lowest BCUT2D eigenvalue weighted by atomic mass is 9.99. The highest BCUT2D eigenvalue weighted by molar-refractivity contribution is 5.94. The van der Waals surface area contributed by atoms with Crippen LogP contribution >= 0.6 is 0 Å². The molecule has 2 atom stereocenters. The second-order valence-electron chi connectivity index (χ2n) is 10.8. The fraction of sp³-hybridized carbons (Fsp3) is 0.406.